The molecule has 0 aliphatic carbocycles. The summed E-state index contributed by atoms with van der Waals surface area (Å²) >= 11 is 1.69. The van der Waals surface area contributed by atoms with Crippen LogP contribution in [0.3, 0.4) is 0 Å². The number of hydrogen-bond acceptors (Lipinski definition) is 5. The zero-order valence-corrected chi connectivity index (χ0v) is 17.6. The van der Waals surface area contributed by atoms with E-state index in [1.165, 1.54) is 0 Å². The second kappa shape index (κ2) is 11.2. The van der Waals surface area contributed by atoms with Gasteiger partial charge in [-0.15, -0.1) is 11.3 Å². The third-order valence-corrected chi connectivity index (χ3v) is 5.84. The van der Waals surface area contributed by atoms with E-state index in [1.807, 2.05) is 0 Å². The summed E-state index contributed by atoms with van der Waals surface area (Å²) in [6, 6.07) is 0. The molecule has 0 saturated carbocycles. The van der Waals surface area contributed by atoms with Gasteiger partial charge in [-0.1, -0.05) is 13.8 Å². The smallest absolute Gasteiger partial charge is 0.220 e. The van der Waals surface area contributed by atoms with Gasteiger partial charge < -0.3 is 21.3 Å². The first kappa shape index (κ1) is 21.6. The summed E-state index contributed by atoms with van der Waals surface area (Å²) in [6.07, 6.45) is 4.03. The van der Waals surface area contributed by atoms with E-state index in [2.05, 4.69) is 44.7 Å². The molecule has 0 atom stereocenters. The van der Waals surface area contributed by atoms with E-state index in [4.69, 9.17) is 5.73 Å². The topological polar surface area (TPSA) is 95.6 Å². The number of nitrogens with zero attached hydrogens (tertiary/aromatic N) is 3. The number of likely N-dealkylation sites (tertiary alicyclic amines) is 1. The van der Waals surface area contributed by atoms with Gasteiger partial charge in [-0.25, -0.2) is 4.98 Å². The maximum absolute atomic E-state index is 11.2. The number of aliphatic imine (C=N–C) groups is 1. The van der Waals surface area contributed by atoms with Crippen LogP contribution in [0.1, 0.15) is 56.2 Å². The van der Waals surface area contributed by atoms with Crippen LogP contribution in [0.25, 0.3) is 0 Å². The number of piperidine rings is 1. The molecule has 1 aromatic heterocycles. The first-order chi connectivity index (χ1) is 13.0. The van der Waals surface area contributed by atoms with E-state index in [0.29, 0.717) is 12.5 Å². The summed E-state index contributed by atoms with van der Waals surface area (Å²) in [5.74, 6) is 1.22. The fourth-order valence-corrected chi connectivity index (χ4v) is 4.05. The van der Waals surface area contributed by atoms with Crippen LogP contribution in [0.5, 0.6) is 0 Å². The average molecular weight is 395 g/mol. The third kappa shape index (κ3) is 7.46. The molecule has 27 heavy (non-hydrogen) atoms. The molecule has 0 radical (unpaired) electrons. The molecule has 0 aromatic carbocycles. The number of carbonyl (C=O) groups is 1. The molecule has 1 saturated heterocycles. The van der Waals surface area contributed by atoms with Crippen LogP contribution in [0.15, 0.2) is 10.4 Å². The molecule has 1 aromatic rings. The van der Waals surface area contributed by atoms with Gasteiger partial charge >= 0.3 is 0 Å². The van der Waals surface area contributed by atoms with Gasteiger partial charge in [0.2, 0.25) is 5.91 Å². The Bertz CT molecular complexity index is 607. The van der Waals surface area contributed by atoms with Crippen molar-refractivity contribution in [3.8, 4) is 0 Å². The highest BCUT2D eigenvalue weighted by Crippen LogP contribution is 2.18. The van der Waals surface area contributed by atoms with Crippen LogP contribution in [0, 0.1) is 5.92 Å². The minimum absolute atomic E-state index is 0.0757. The van der Waals surface area contributed by atoms with E-state index in [1.54, 1.807) is 18.4 Å². The Morgan fingerprint density at radius 3 is 2.70 bits per heavy atom. The molecule has 2 rings (SSSR count). The Balaban J connectivity index is 1.56. The van der Waals surface area contributed by atoms with Crippen molar-refractivity contribution >= 4 is 23.2 Å². The number of primary amides is 1. The maximum Gasteiger partial charge on any atom is 0.220 e. The van der Waals surface area contributed by atoms with Gasteiger partial charge in [0.25, 0.3) is 0 Å². The van der Waals surface area contributed by atoms with E-state index in [0.717, 1.165) is 68.5 Å². The Kier molecular flexibility index (Phi) is 9.00. The molecule has 1 aliphatic rings. The summed E-state index contributed by atoms with van der Waals surface area (Å²) in [7, 11) is 1.79. The van der Waals surface area contributed by atoms with Crippen molar-refractivity contribution in [3.63, 3.8) is 0 Å². The molecule has 2 heterocycles. The largest absolute Gasteiger partial charge is 0.369 e. The fourth-order valence-electron chi connectivity index (χ4n) is 3.16. The number of rotatable bonds is 9. The highest BCUT2D eigenvalue weighted by Gasteiger charge is 2.22. The quantitative estimate of drug-likeness (QED) is 0.338. The molecule has 152 valence electrons. The monoisotopic (exact) mass is 394 g/mol. The van der Waals surface area contributed by atoms with Crippen molar-refractivity contribution in [3.05, 3.63) is 16.1 Å². The van der Waals surface area contributed by atoms with Crippen molar-refractivity contribution in [2.75, 3.05) is 33.2 Å². The predicted molar refractivity (Wildman–Crippen MR) is 112 cm³/mol. The Morgan fingerprint density at radius 2 is 2.11 bits per heavy atom. The molecule has 4 N–H and O–H groups in total. The van der Waals surface area contributed by atoms with Crippen molar-refractivity contribution < 1.29 is 4.79 Å². The highest BCUT2D eigenvalue weighted by molar-refractivity contribution is 7.09. The number of carbonyl (C=O) groups excluding carboxylic acids is 1. The molecule has 1 aliphatic heterocycles. The standard InChI is InChI=1S/C19H34N6OS/c1-14(2)16-13-27-17(24-16)12-23-19(21-3)22-8-4-5-9-25-10-6-15(7-11-25)18(20)26/h13-15H,4-12H2,1-3H3,(H2,20,26)(H2,21,22,23). The van der Waals surface area contributed by atoms with Gasteiger partial charge in [-0.05, 0) is 51.2 Å². The lowest BCUT2D eigenvalue weighted by Crippen LogP contribution is -2.39. The zero-order chi connectivity index (χ0) is 19.6. The van der Waals surface area contributed by atoms with Gasteiger partial charge in [-0.3, -0.25) is 9.79 Å². The van der Waals surface area contributed by atoms with E-state index in [9.17, 15) is 4.79 Å². The number of unbranched alkanes of at least 4 members (excludes halogenated alkanes) is 1. The minimum atomic E-state index is -0.143. The third-order valence-electron chi connectivity index (χ3n) is 4.98. The summed E-state index contributed by atoms with van der Waals surface area (Å²) < 4.78 is 0. The second-order valence-corrected chi connectivity index (χ2v) is 8.34. The molecule has 7 nitrogen and oxygen atoms in total. The lowest BCUT2D eigenvalue weighted by Gasteiger charge is -2.30. The second-order valence-electron chi connectivity index (χ2n) is 7.40. The predicted octanol–water partition coefficient (Wildman–Crippen LogP) is 1.91. The number of guanidine groups is 1. The zero-order valence-electron chi connectivity index (χ0n) is 16.8. The lowest BCUT2D eigenvalue weighted by molar-refractivity contribution is -0.123. The van der Waals surface area contributed by atoms with Crippen LogP contribution in [-0.4, -0.2) is 55.0 Å². The van der Waals surface area contributed by atoms with E-state index >= 15 is 0 Å². The molecular weight excluding hydrogens is 360 g/mol. The van der Waals surface area contributed by atoms with Gasteiger partial charge in [-0.2, -0.15) is 0 Å². The Hall–Kier alpha value is -1.67. The molecule has 0 spiro atoms. The first-order valence-electron chi connectivity index (χ1n) is 9.90. The molecule has 1 amide bonds. The van der Waals surface area contributed by atoms with Gasteiger partial charge in [0.1, 0.15) is 5.01 Å². The highest BCUT2D eigenvalue weighted by atomic mass is 32.1. The van der Waals surface area contributed by atoms with Crippen molar-refractivity contribution in [1.82, 2.24) is 20.5 Å². The number of hydrogen-bond donors (Lipinski definition) is 3. The molecular formula is C19H34N6OS. The summed E-state index contributed by atoms with van der Waals surface area (Å²) in [4.78, 5) is 22.5. The maximum atomic E-state index is 11.2. The molecule has 0 unspecified atom stereocenters. The normalized spacial score (nSPS) is 16.7. The van der Waals surface area contributed by atoms with Crippen LogP contribution < -0.4 is 16.4 Å². The number of thiazole rings is 1. The van der Waals surface area contributed by atoms with Crippen molar-refractivity contribution in [1.29, 1.82) is 0 Å². The van der Waals surface area contributed by atoms with E-state index < -0.39 is 0 Å². The first-order valence-corrected chi connectivity index (χ1v) is 10.8. The van der Waals surface area contributed by atoms with Crippen LogP contribution in [0.2, 0.25) is 0 Å². The molecule has 0 bridgehead atoms. The van der Waals surface area contributed by atoms with Crippen LogP contribution >= 0.6 is 11.3 Å². The molecule has 1 fully saturated rings. The number of amides is 1. The average Bonchev–Trinajstić information content (AvgIpc) is 3.13. The lowest BCUT2D eigenvalue weighted by atomic mass is 9.96. The minimum Gasteiger partial charge on any atom is -0.369 e. The van der Waals surface area contributed by atoms with Crippen molar-refractivity contribution in [2.24, 2.45) is 16.6 Å². The number of nitrogens with one attached hydrogen (secondary N) is 2. The summed E-state index contributed by atoms with van der Waals surface area (Å²) in [6.45, 7) is 8.96. The van der Waals surface area contributed by atoms with Gasteiger partial charge in [0, 0.05) is 24.9 Å². The summed E-state index contributed by atoms with van der Waals surface area (Å²) in [5, 5.41) is 9.90. The SMILES string of the molecule is CN=C(NCCCCN1CCC(C(N)=O)CC1)NCc1nc(C(C)C)cs1. The van der Waals surface area contributed by atoms with Crippen LogP contribution in [0.4, 0.5) is 0 Å². The van der Waals surface area contributed by atoms with E-state index in [-0.39, 0.29) is 11.8 Å². The number of nitrogens with two attached hydrogens (primary N) is 1. The number of aromatic nitrogens is 1. The van der Waals surface area contributed by atoms with Gasteiger partial charge in [0.05, 0.1) is 12.2 Å². The Labute approximate surface area is 166 Å². The fraction of sp³-hybridized carbons (Fsp3) is 0.737. The van der Waals surface area contributed by atoms with Crippen LogP contribution in [-0.2, 0) is 11.3 Å². The Morgan fingerprint density at radius 1 is 1.37 bits per heavy atom. The van der Waals surface area contributed by atoms with Crippen molar-refractivity contribution in [2.45, 2.75) is 52.0 Å². The summed E-state index contributed by atoms with van der Waals surface area (Å²) in [5.41, 5.74) is 6.54. The van der Waals surface area contributed by atoms with Gasteiger partial charge in [0.15, 0.2) is 5.96 Å². The molecule has 8 heteroatoms.